The van der Waals surface area contributed by atoms with Crippen LogP contribution in [0.15, 0.2) is 24.3 Å². The van der Waals surface area contributed by atoms with Crippen molar-refractivity contribution in [2.75, 3.05) is 18.5 Å². The van der Waals surface area contributed by atoms with E-state index in [0.717, 1.165) is 17.1 Å². The lowest BCUT2D eigenvalue weighted by atomic mass is 9.73. The molecule has 1 aliphatic rings. The van der Waals surface area contributed by atoms with Gasteiger partial charge in [-0.3, -0.25) is 10.1 Å². The summed E-state index contributed by atoms with van der Waals surface area (Å²) in [6.07, 6.45) is 1.12. The zero-order chi connectivity index (χ0) is 15.6. The van der Waals surface area contributed by atoms with Gasteiger partial charge in [0.15, 0.2) is 0 Å². The highest BCUT2D eigenvalue weighted by Gasteiger charge is 2.42. The number of nitrogens with one attached hydrogen (secondary N) is 1. The fourth-order valence-electron chi connectivity index (χ4n) is 2.70. The van der Waals surface area contributed by atoms with Crippen LogP contribution in [-0.2, 0) is 14.9 Å². The first kappa shape index (κ1) is 15.1. The number of ether oxygens (including phenoxy) is 1. The fourth-order valence-corrected chi connectivity index (χ4v) is 3.27. The second-order valence-electron chi connectivity index (χ2n) is 5.30. The lowest BCUT2D eigenvalue weighted by Gasteiger charge is -2.35. The third-order valence-corrected chi connectivity index (χ3v) is 4.65. The van der Waals surface area contributed by atoms with Crippen LogP contribution in [0.4, 0.5) is 9.52 Å². The summed E-state index contributed by atoms with van der Waals surface area (Å²) in [5, 5.41) is 3.32. The minimum atomic E-state index is -0.717. The Kier molecular flexibility index (Phi) is 4.17. The number of amides is 1. The number of aryl methyl sites for hydroxylation is 1. The molecule has 5 nitrogen and oxygen atoms in total. The first-order valence-corrected chi connectivity index (χ1v) is 7.83. The predicted molar refractivity (Wildman–Crippen MR) is 81.4 cm³/mol. The Balaban J connectivity index is 1.91. The molecule has 3 rings (SSSR count). The van der Waals surface area contributed by atoms with Crippen LogP contribution in [-0.4, -0.2) is 28.5 Å². The highest BCUT2D eigenvalue weighted by Crippen LogP contribution is 2.36. The molecule has 0 bridgehead atoms. The molecule has 2 aromatic rings. The molecule has 0 atom stereocenters. The van der Waals surface area contributed by atoms with Crippen LogP contribution in [0.2, 0.25) is 0 Å². The molecule has 0 aliphatic carbocycles. The van der Waals surface area contributed by atoms with Crippen molar-refractivity contribution in [1.82, 2.24) is 9.36 Å². The number of aromatic nitrogens is 2. The van der Waals surface area contributed by atoms with Crippen molar-refractivity contribution in [3.05, 3.63) is 41.5 Å². The van der Waals surface area contributed by atoms with E-state index < -0.39 is 5.41 Å². The Morgan fingerprint density at radius 3 is 2.59 bits per heavy atom. The summed E-state index contributed by atoms with van der Waals surface area (Å²) < 4.78 is 22.6. The van der Waals surface area contributed by atoms with Crippen molar-refractivity contribution in [3.8, 4) is 0 Å². The van der Waals surface area contributed by atoms with Gasteiger partial charge in [0, 0.05) is 24.7 Å². The molecule has 2 heterocycles. The van der Waals surface area contributed by atoms with E-state index in [9.17, 15) is 9.18 Å². The van der Waals surface area contributed by atoms with Crippen LogP contribution in [0, 0.1) is 12.7 Å². The average molecular weight is 321 g/mol. The largest absolute Gasteiger partial charge is 0.381 e. The molecule has 1 fully saturated rings. The van der Waals surface area contributed by atoms with E-state index in [4.69, 9.17) is 4.74 Å². The average Bonchev–Trinajstić information content (AvgIpc) is 2.93. The molecular weight excluding hydrogens is 305 g/mol. The van der Waals surface area contributed by atoms with Gasteiger partial charge in [0.05, 0.1) is 5.41 Å². The molecule has 1 saturated heterocycles. The fraction of sp³-hybridized carbons (Fsp3) is 0.400. The Morgan fingerprint density at radius 1 is 1.32 bits per heavy atom. The minimum Gasteiger partial charge on any atom is -0.381 e. The van der Waals surface area contributed by atoms with Gasteiger partial charge >= 0.3 is 0 Å². The van der Waals surface area contributed by atoms with Gasteiger partial charge in [-0.1, -0.05) is 12.1 Å². The van der Waals surface area contributed by atoms with E-state index in [-0.39, 0.29) is 11.7 Å². The number of nitrogens with zero attached hydrogens (tertiary/aromatic N) is 2. The third kappa shape index (κ3) is 2.86. The summed E-state index contributed by atoms with van der Waals surface area (Å²) in [5.41, 5.74) is 0.0851. The zero-order valence-electron chi connectivity index (χ0n) is 12.1. The number of hydrogen-bond donors (Lipinski definition) is 1. The van der Waals surface area contributed by atoms with E-state index in [1.54, 1.807) is 19.1 Å². The zero-order valence-corrected chi connectivity index (χ0v) is 13.0. The molecule has 116 valence electrons. The number of halogens is 1. The normalized spacial score (nSPS) is 17.2. The summed E-state index contributed by atoms with van der Waals surface area (Å²) in [5.74, 6) is 0.174. The number of carbonyl (C=O) groups excluding carboxylic acids is 1. The van der Waals surface area contributed by atoms with Gasteiger partial charge in [-0.15, -0.1) is 0 Å². The van der Waals surface area contributed by atoms with Crippen LogP contribution in [0.1, 0.15) is 24.2 Å². The molecule has 1 amide bonds. The summed E-state index contributed by atoms with van der Waals surface area (Å²) >= 11 is 1.15. The summed E-state index contributed by atoms with van der Waals surface area (Å²) in [4.78, 5) is 17.0. The number of benzene rings is 1. The maximum atomic E-state index is 13.2. The highest BCUT2D eigenvalue weighted by molar-refractivity contribution is 7.09. The Hall–Kier alpha value is -1.86. The second kappa shape index (κ2) is 6.10. The molecule has 0 spiro atoms. The molecule has 7 heteroatoms. The summed E-state index contributed by atoms with van der Waals surface area (Å²) in [6.45, 7) is 2.77. The lowest BCUT2D eigenvalue weighted by Crippen LogP contribution is -2.44. The number of rotatable bonds is 3. The maximum absolute atomic E-state index is 13.2. The summed E-state index contributed by atoms with van der Waals surface area (Å²) in [7, 11) is 0. The molecule has 22 heavy (non-hydrogen) atoms. The van der Waals surface area contributed by atoms with Crippen molar-refractivity contribution in [2.24, 2.45) is 0 Å². The summed E-state index contributed by atoms with van der Waals surface area (Å²) in [6, 6.07) is 6.11. The van der Waals surface area contributed by atoms with Crippen LogP contribution in [0.3, 0.4) is 0 Å². The second-order valence-corrected chi connectivity index (χ2v) is 6.05. The molecule has 1 aromatic carbocycles. The van der Waals surface area contributed by atoms with Crippen molar-refractivity contribution >= 4 is 22.6 Å². The Bertz CT molecular complexity index is 666. The maximum Gasteiger partial charge on any atom is 0.237 e. The van der Waals surface area contributed by atoms with Gasteiger partial charge in [0.2, 0.25) is 11.0 Å². The monoisotopic (exact) mass is 321 g/mol. The van der Waals surface area contributed by atoms with Gasteiger partial charge in [-0.25, -0.2) is 9.37 Å². The molecule has 0 radical (unpaired) electrons. The van der Waals surface area contributed by atoms with E-state index in [2.05, 4.69) is 14.7 Å². The van der Waals surface area contributed by atoms with E-state index in [0.29, 0.717) is 37.0 Å². The quantitative estimate of drug-likeness (QED) is 0.944. The molecule has 1 N–H and O–H groups in total. The van der Waals surface area contributed by atoms with Gasteiger partial charge in [-0.05, 0) is 37.5 Å². The van der Waals surface area contributed by atoms with E-state index >= 15 is 0 Å². The number of hydrogen-bond acceptors (Lipinski definition) is 5. The standard InChI is InChI=1S/C15H16FN3O2S/c1-10-17-14(22-19-10)18-13(20)15(6-8-21-9-7-15)11-2-4-12(16)5-3-11/h2-5H,6-9H2,1H3,(H,17,18,19,20). The van der Waals surface area contributed by atoms with Gasteiger partial charge in [0.1, 0.15) is 11.6 Å². The molecule has 0 saturated carbocycles. The third-order valence-electron chi connectivity index (χ3n) is 3.93. The van der Waals surface area contributed by atoms with Crippen LogP contribution in [0.5, 0.6) is 0 Å². The minimum absolute atomic E-state index is 0.140. The molecule has 1 aromatic heterocycles. The lowest BCUT2D eigenvalue weighted by molar-refractivity contribution is -0.125. The first-order chi connectivity index (χ1) is 10.6. The predicted octanol–water partition coefficient (Wildman–Crippen LogP) is 2.67. The van der Waals surface area contributed by atoms with Crippen LogP contribution in [0.25, 0.3) is 0 Å². The Morgan fingerprint density at radius 2 is 2.00 bits per heavy atom. The van der Waals surface area contributed by atoms with Crippen molar-refractivity contribution in [2.45, 2.75) is 25.2 Å². The van der Waals surface area contributed by atoms with Crippen molar-refractivity contribution < 1.29 is 13.9 Å². The van der Waals surface area contributed by atoms with Crippen molar-refractivity contribution in [3.63, 3.8) is 0 Å². The number of anilines is 1. The highest BCUT2D eigenvalue weighted by atomic mass is 32.1. The van der Waals surface area contributed by atoms with Crippen LogP contribution >= 0.6 is 11.5 Å². The Labute approximate surface area is 131 Å². The SMILES string of the molecule is Cc1nsc(NC(=O)C2(c3ccc(F)cc3)CCOCC2)n1. The van der Waals surface area contributed by atoms with E-state index in [1.165, 1.54) is 12.1 Å². The van der Waals surface area contributed by atoms with E-state index in [1.807, 2.05) is 0 Å². The first-order valence-electron chi connectivity index (χ1n) is 7.06. The topological polar surface area (TPSA) is 64.1 Å². The van der Waals surface area contributed by atoms with Crippen LogP contribution < -0.4 is 5.32 Å². The van der Waals surface area contributed by atoms with Gasteiger partial charge in [0.25, 0.3) is 0 Å². The molecular formula is C15H16FN3O2S. The molecule has 1 aliphatic heterocycles. The smallest absolute Gasteiger partial charge is 0.237 e. The number of carbonyl (C=O) groups is 1. The van der Waals surface area contributed by atoms with Gasteiger partial charge in [-0.2, -0.15) is 4.37 Å². The molecule has 0 unspecified atom stereocenters. The van der Waals surface area contributed by atoms with Gasteiger partial charge < -0.3 is 4.74 Å². The van der Waals surface area contributed by atoms with Crippen molar-refractivity contribution in [1.29, 1.82) is 0 Å².